The number of hydrogen-bond acceptors (Lipinski definition) is 4. The number of nitrogens with two attached hydrogens (primary N) is 1. The average molecular weight is 288 g/mol. The maximum atomic E-state index is 12.2. The van der Waals surface area contributed by atoms with E-state index in [1.165, 1.54) is 24.2 Å². The van der Waals surface area contributed by atoms with Crippen molar-refractivity contribution in [2.24, 2.45) is 11.7 Å². The van der Waals surface area contributed by atoms with Crippen molar-refractivity contribution in [2.45, 2.75) is 49.4 Å². The van der Waals surface area contributed by atoms with Crippen LogP contribution in [0.5, 0.6) is 0 Å². The van der Waals surface area contributed by atoms with Gasteiger partial charge in [-0.3, -0.25) is 0 Å². The lowest BCUT2D eigenvalue weighted by Gasteiger charge is -2.19. The third kappa shape index (κ3) is 3.12. The molecule has 4 nitrogen and oxygen atoms in total. The molecule has 0 spiro atoms. The van der Waals surface area contributed by atoms with E-state index in [-0.39, 0.29) is 6.04 Å². The quantitative estimate of drug-likeness (QED) is 0.871. The minimum absolute atomic E-state index is 0.0147. The van der Waals surface area contributed by atoms with Crippen molar-refractivity contribution < 1.29 is 8.42 Å². The summed E-state index contributed by atoms with van der Waals surface area (Å²) in [6, 6.07) is 1.68. The largest absolute Gasteiger partial charge is 0.326 e. The predicted molar refractivity (Wildman–Crippen MR) is 74.0 cm³/mol. The molecule has 1 heterocycles. The first-order valence-electron chi connectivity index (χ1n) is 6.33. The number of hydrogen-bond donors (Lipinski definition) is 2. The van der Waals surface area contributed by atoms with Gasteiger partial charge in [-0.25, -0.2) is 13.1 Å². The molecule has 0 amide bonds. The third-order valence-electron chi connectivity index (χ3n) is 3.58. The Labute approximate surface area is 113 Å². The van der Waals surface area contributed by atoms with Crippen molar-refractivity contribution in [3.8, 4) is 0 Å². The van der Waals surface area contributed by atoms with E-state index in [0.717, 1.165) is 18.4 Å². The Hall–Kier alpha value is -0.430. The average Bonchev–Trinajstić information content (AvgIpc) is 3.00. The van der Waals surface area contributed by atoms with Crippen LogP contribution < -0.4 is 10.5 Å². The Morgan fingerprint density at radius 2 is 2.17 bits per heavy atom. The van der Waals surface area contributed by atoms with Gasteiger partial charge in [0.05, 0.1) is 0 Å². The Balaban J connectivity index is 2.06. The summed E-state index contributed by atoms with van der Waals surface area (Å²) in [5.74, 6) is 0.480. The maximum Gasteiger partial charge on any atom is 0.250 e. The van der Waals surface area contributed by atoms with E-state index in [9.17, 15) is 8.42 Å². The fourth-order valence-corrected chi connectivity index (χ4v) is 5.01. The molecule has 1 saturated carbocycles. The van der Waals surface area contributed by atoms with E-state index in [1.807, 2.05) is 6.92 Å². The summed E-state index contributed by atoms with van der Waals surface area (Å²) in [6.45, 7) is 2.34. The van der Waals surface area contributed by atoms with E-state index in [4.69, 9.17) is 5.73 Å². The van der Waals surface area contributed by atoms with Gasteiger partial charge in [-0.05, 0) is 42.7 Å². The summed E-state index contributed by atoms with van der Waals surface area (Å²) in [4.78, 5) is 0. The number of nitrogens with one attached hydrogen (secondary N) is 1. The van der Waals surface area contributed by atoms with Gasteiger partial charge < -0.3 is 5.73 Å². The molecule has 0 saturated heterocycles. The molecule has 1 aliphatic carbocycles. The van der Waals surface area contributed by atoms with Crippen molar-refractivity contribution in [1.82, 2.24) is 4.72 Å². The van der Waals surface area contributed by atoms with Crippen LogP contribution in [0.15, 0.2) is 15.7 Å². The number of sulfonamides is 1. The minimum atomic E-state index is -3.37. The molecule has 1 aliphatic rings. The molecule has 3 N–H and O–H groups in total. The van der Waals surface area contributed by atoms with Crippen LogP contribution in [0.4, 0.5) is 0 Å². The molecule has 2 rings (SSSR count). The van der Waals surface area contributed by atoms with Gasteiger partial charge in [0.25, 0.3) is 0 Å². The maximum absolute atomic E-state index is 12.2. The Bertz CT molecular complexity index is 490. The molecule has 1 unspecified atom stereocenters. The molecule has 18 heavy (non-hydrogen) atoms. The second-order valence-corrected chi connectivity index (χ2v) is 7.78. The third-order valence-corrected chi connectivity index (χ3v) is 6.63. The van der Waals surface area contributed by atoms with Crippen LogP contribution in [0.25, 0.3) is 0 Å². The van der Waals surface area contributed by atoms with Crippen molar-refractivity contribution in [2.75, 3.05) is 0 Å². The normalized spacial score (nSPS) is 19.2. The van der Waals surface area contributed by atoms with Crippen LogP contribution in [0.2, 0.25) is 0 Å². The molecule has 6 heteroatoms. The molecule has 0 radical (unpaired) electrons. The van der Waals surface area contributed by atoms with Gasteiger partial charge in [-0.15, -0.1) is 11.3 Å². The van der Waals surface area contributed by atoms with Crippen LogP contribution in [0.1, 0.15) is 38.2 Å². The van der Waals surface area contributed by atoms with E-state index in [0.29, 0.717) is 16.7 Å². The molecule has 1 atom stereocenters. The standard InChI is InChI=1S/C12H20N2O2S2/c1-9(11-4-2-3-5-11)14-18(15,16)12-6-10(7-13)8-17-12/h6,8-9,11,14H,2-5,7,13H2,1H3. The zero-order valence-electron chi connectivity index (χ0n) is 10.6. The van der Waals surface area contributed by atoms with E-state index >= 15 is 0 Å². The Kier molecular flexibility index (Phi) is 4.42. The summed E-state index contributed by atoms with van der Waals surface area (Å²) in [5.41, 5.74) is 6.37. The summed E-state index contributed by atoms with van der Waals surface area (Å²) in [7, 11) is -3.37. The van der Waals surface area contributed by atoms with Crippen molar-refractivity contribution in [1.29, 1.82) is 0 Å². The number of rotatable bonds is 5. The molecule has 1 fully saturated rings. The minimum Gasteiger partial charge on any atom is -0.326 e. The SMILES string of the molecule is CC(NS(=O)(=O)c1cc(CN)cs1)C1CCCC1. The van der Waals surface area contributed by atoms with Gasteiger partial charge in [0, 0.05) is 12.6 Å². The fraction of sp³-hybridized carbons (Fsp3) is 0.667. The Morgan fingerprint density at radius 3 is 2.72 bits per heavy atom. The van der Waals surface area contributed by atoms with Gasteiger partial charge >= 0.3 is 0 Å². The topological polar surface area (TPSA) is 72.2 Å². The van der Waals surface area contributed by atoms with Gasteiger partial charge in [-0.2, -0.15) is 0 Å². The van der Waals surface area contributed by atoms with Gasteiger partial charge in [-0.1, -0.05) is 12.8 Å². The molecule has 0 aliphatic heterocycles. The van der Waals surface area contributed by atoms with E-state index in [1.54, 1.807) is 11.4 Å². The highest BCUT2D eigenvalue weighted by molar-refractivity contribution is 7.91. The zero-order chi connectivity index (χ0) is 13.2. The van der Waals surface area contributed by atoms with E-state index in [2.05, 4.69) is 4.72 Å². The second-order valence-electron chi connectivity index (χ2n) is 4.93. The van der Waals surface area contributed by atoms with Gasteiger partial charge in [0.1, 0.15) is 4.21 Å². The van der Waals surface area contributed by atoms with Gasteiger partial charge in [0.15, 0.2) is 0 Å². The highest BCUT2D eigenvalue weighted by atomic mass is 32.2. The molecule has 1 aromatic heterocycles. The highest BCUT2D eigenvalue weighted by Crippen LogP contribution is 2.29. The van der Waals surface area contributed by atoms with Crippen molar-refractivity contribution in [3.63, 3.8) is 0 Å². The molecular weight excluding hydrogens is 268 g/mol. The summed E-state index contributed by atoms with van der Waals surface area (Å²) in [5, 5.41) is 1.80. The molecular formula is C12H20N2O2S2. The summed E-state index contributed by atoms with van der Waals surface area (Å²) >= 11 is 1.24. The molecule has 0 aromatic carbocycles. The lowest BCUT2D eigenvalue weighted by atomic mass is 10.0. The Morgan fingerprint density at radius 1 is 1.50 bits per heavy atom. The first-order valence-corrected chi connectivity index (χ1v) is 8.69. The molecule has 1 aromatic rings. The van der Waals surface area contributed by atoms with Crippen LogP contribution >= 0.6 is 11.3 Å². The highest BCUT2D eigenvalue weighted by Gasteiger charge is 2.26. The van der Waals surface area contributed by atoms with Crippen LogP contribution in [0, 0.1) is 5.92 Å². The van der Waals surface area contributed by atoms with Gasteiger partial charge in [0.2, 0.25) is 10.0 Å². The fourth-order valence-electron chi connectivity index (χ4n) is 2.46. The van der Waals surface area contributed by atoms with Crippen LogP contribution in [0.3, 0.4) is 0 Å². The second kappa shape index (κ2) is 5.69. The monoisotopic (exact) mass is 288 g/mol. The van der Waals surface area contributed by atoms with Crippen LogP contribution in [-0.4, -0.2) is 14.5 Å². The van der Waals surface area contributed by atoms with Crippen molar-refractivity contribution in [3.05, 3.63) is 17.0 Å². The molecule has 0 bridgehead atoms. The number of thiophene rings is 1. The lowest BCUT2D eigenvalue weighted by molar-refractivity contribution is 0.424. The summed E-state index contributed by atoms with van der Waals surface area (Å²) < 4.78 is 27.5. The van der Waals surface area contributed by atoms with Crippen molar-refractivity contribution >= 4 is 21.4 Å². The summed E-state index contributed by atoms with van der Waals surface area (Å²) in [6.07, 6.45) is 4.68. The molecule has 102 valence electrons. The first-order chi connectivity index (χ1) is 8.53. The lowest BCUT2D eigenvalue weighted by Crippen LogP contribution is -2.36. The van der Waals surface area contributed by atoms with E-state index < -0.39 is 10.0 Å². The predicted octanol–water partition coefficient (Wildman–Crippen LogP) is 2.06. The first kappa shape index (κ1) is 14.0. The smallest absolute Gasteiger partial charge is 0.250 e. The zero-order valence-corrected chi connectivity index (χ0v) is 12.2. The van der Waals surface area contributed by atoms with Crippen LogP contribution in [-0.2, 0) is 16.6 Å².